The average molecular weight is 259 g/mol. The summed E-state index contributed by atoms with van der Waals surface area (Å²) in [5.74, 6) is -2.55. The van der Waals surface area contributed by atoms with Gasteiger partial charge in [-0.3, -0.25) is 9.59 Å². The van der Waals surface area contributed by atoms with E-state index in [1.54, 1.807) is 0 Å². The predicted molar refractivity (Wildman–Crippen MR) is 58.7 cm³/mol. The summed E-state index contributed by atoms with van der Waals surface area (Å²) in [5.41, 5.74) is 0.0603. The van der Waals surface area contributed by atoms with E-state index in [1.165, 1.54) is 12.1 Å². The Balaban J connectivity index is 2.12. The number of aromatic amines is 1. The molecular weight excluding hydrogens is 254 g/mol. The lowest BCUT2D eigenvalue weighted by Crippen LogP contribution is -2.30. The third-order valence-electron chi connectivity index (χ3n) is 2.68. The van der Waals surface area contributed by atoms with Gasteiger partial charge in [-0.2, -0.15) is 0 Å². The zero-order valence-electron chi connectivity index (χ0n) is 9.19. The number of imide groups is 1. The highest BCUT2D eigenvalue weighted by molar-refractivity contribution is 6.34. The van der Waals surface area contributed by atoms with Gasteiger partial charge in [0.05, 0.1) is 16.7 Å². The number of nitrogens with one attached hydrogen (secondary N) is 1. The summed E-state index contributed by atoms with van der Waals surface area (Å²) in [6, 6.07) is 3.71. The van der Waals surface area contributed by atoms with E-state index in [0.717, 1.165) is 11.0 Å². The Morgan fingerprint density at radius 1 is 1.21 bits per heavy atom. The van der Waals surface area contributed by atoms with Crippen LogP contribution in [0.25, 0.3) is 0 Å². The molecule has 0 unspecified atom stereocenters. The molecule has 0 saturated carbocycles. The smallest absolute Gasteiger partial charge is 0.335 e. The van der Waals surface area contributed by atoms with Crippen LogP contribution in [0.5, 0.6) is 0 Å². The van der Waals surface area contributed by atoms with Gasteiger partial charge in [-0.15, -0.1) is 0 Å². The number of carbonyl (C=O) groups excluding carboxylic acids is 2. The molecule has 2 amide bonds. The van der Waals surface area contributed by atoms with Crippen molar-refractivity contribution >= 4 is 23.7 Å². The first-order valence-electron chi connectivity index (χ1n) is 5.09. The second-order valence-corrected chi connectivity index (χ2v) is 3.74. The van der Waals surface area contributed by atoms with E-state index in [-0.39, 0.29) is 22.6 Å². The lowest BCUT2D eigenvalue weighted by atomic mass is 10.1. The Hall–Kier alpha value is -3.10. The van der Waals surface area contributed by atoms with Crippen LogP contribution < -0.4 is 4.90 Å². The number of H-pyrrole nitrogens is 1. The van der Waals surface area contributed by atoms with Gasteiger partial charge in [-0.1, -0.05) is 5.10 Å². The molecule has 2 aromatic rings. The second kappa shape index (κ2) is 3.70. The lowest BCUT2D eigenvalue weighted by molar-refractivity contribution is 0.0696. The second-order valence-electron chi connectivity index (χ2n) is 3.74. The highest BCUT2D eigenvalue weighted by Crippen LogP contribution is 2.26. The highest BCUT2D eigenvalue weighted by atomic mass is 16.4. The largest absolute Gasteiger partial charge is 0.478 e. The van der Waals surface area contributed by atoms with E-state index in [1.807, 2.05) is 0 Å². The number of hydrogen-bond acceptors (Lipinski definition) is 6. The summed E-state index contributed by atoms with van der Waals surface area (Å²) in [6.07, 6.45) is 0. The fourth-order valence-electron chi connectivity index (χ4n) is 1.82. The molecule has 94 valence electrons. The topological polar surface area (TPSA) is 129 Å². The summed E-state index contributed by atoms with van der Waals surface area (Å²) in [6.45, 7) is 0. The fourth-order valence-corrected chi connectivity index (χ4v) is 1.82. The maximum absolute atomic E-state index is 12.1. The minimum Gasteiger partial charge on any atom is -0.478 e. The molecule has 0 spiro atoms. The number of carbonyl (C=O) groups is 3. The number of fused-ring (bicyclic) bond motifs is 1. The summed E-state index contributed by atoms with van der Waals surface area (Å²) < 4.78 is 0. The van der Waals surface area contributed by atoms with E-state index < -0.39 is 17.8 Å². The summed E-state index contributed by atoms with van der Waals surface area (Å²) in [7, 11) is 0. The molecule has 0 atom stereocenters. The fraction of sp³-hybridized carbons (Fsp3) is 0. The number of carboxylic acid groups (broad SMARTS) is 1. The number of nitrogens with zero attached hydrogens (tertiary/aromatic N) is 4. The van der Waals surface area contributed by atoms with Crippen molar-refractivity contribution in [3.8, 4) is 0 Å². The first kappa shape index (κ1) is 11.0. The molecule has 1 aliphatic rings. The molecular formula is C10H5N5O4. The molecule has 2 heterocycles. The highest BCUT2D eigenvalue weighted by Gasteiger charge is 2.39. The van der Waals surface area contributed by atoms with Crippen molar-refractivity contribution in [2.45, 2.75) is 0 Å². The van der Waals surface area contributed by atoms with Gasteiger partial charge in [0.2, 0.25) is 0 Å². The van der Waals surface area contributed by atoms with Crippen LogP contribution in [-0.2, 0) is 0 Å². The van der Waals surface area contributed by atoms with Crippen LogP contribution in [-0.4, -0.2) is 43.5 Å². The van der Waals surface area contributed by atoms with Crippen LogP contribution in [0.1, 0.15) is 31.1 Å². The minimum absolute atomic E-state index is 0.0151. The lowest BCUT2D eigenvalue weighted by Gasteiger charge is -2.06. The molecule has 0 saturated heterocycles. The monoisotopic (exact) mass is 259 g/mol. The number of aromatic carboxylic acids is 1. The van der Waals surface area contributed by atoms with Crippen LogP contribution >= 0.6 is 0 Å². The Kier molecular flexibility index (Phi) is 2.14. The van der Waals surface area contributed by atoms with Gasteiger partial charge in [0, 0.05) is 0 Å². The summed E-state index contributed by atoms with van der Waals surface area (Å²) in [4.78, 5) is 35.7. The number of aromatic nitrogens is 4. The minimum atomic E-state index is -1.18. The van der Waals surface area contributed by atoms with Crippen molar-refractivity contribution in [2.75, 3.05) is 4.90 Å². The molecule has 1 aromatic carbocycles. The third-order valence-corrected chi connectivity index (χ3v) is 2.68. The maximum atomic E-state index is 12.1. The molecule has 9 nitrogen and oxygen atoms in total. The van der Waals surface area contributed by atoms with Gasteiger partial charge in [0.15, 0.2) is 0 Å². The van der Waals surface area contributed by atoms with Crippen molar-refractivity contribution < 1.29 is 19.5 Å². The third kappa shape index (κ3) is 1.48. The van der Waals surface area contributed by atoms with Gasteiger partial charge in [-0.25, -0.2) is 14.8 Å². The van der Waals surface area contributed by atoms with Crippen molar-refractivity contribution in [1.29, 1.82) is 0 Å². The van der Waals surface area contributed by atoms with Crippen LogP contribution in [0, 0.1) is 0 Å². The van der Waals surface area contributed by atoms with E-state index in [0.29, 0.717) is 0 Å². The molecule has 0 aliphatic carbocycles. The molecule has 19 heavy (non-hydrogen) atoms. The molecule has 0 radical (unpaired) electrons. The number of rotatable bonds is 2. The number of hydrogen-bond donors (Lipinski definition) is 2. The van der Waals surface area contributed by atoms with Gasteiger partial charge in [0.25, 0.3) is 17.8 Å². The average Bonchev–Trinajstić information content (AvgIpc) is 2.98. The van der Waals surface area contributed by atoms with E-state index >= 15 is 0 Å². The maximum Gasteiger partial charge on any atom is 0.335 e. The zero-order chi connectivity index (χ0) is 13.6. The van der Waals surface area contributed by atoms with Crippen molar-refractivity contribution in [2.24, 2.45) is 0 Å². The SMILES string of the molecule is O=C(O)c1ccc2c(c1)C(=O)N(c1nnn[nH]1)C2=O. The number of tetrazole rings is 1. The zero-order valence-corrected chi connectivity index (χ0v) is 9.19. The van der Waals surface area contributed by atoms with Crippen LogP contribution in [0.4, 0.5) is 5.95 Å². The quantitative estimate of drug-likeness (QED) is 0.708. The number of amides is 2. The number of benzene rings is 1. The molecule has 9 heteroatoms. The first-order chi connectivity index (χ1) is 9.09. The molecule has 3 rings (SSSR count). The molecule has 1 aromatic heterocycles. The normalized spacial score (nSPS) is 13.8. The van der Waals surface area contributed by atoms with E-state index in [4.69, 9.17) is 5.11 Å². The predicted octanol–water partition coefficient (Wildman–Crippen LogP) is -0.302. The van der Waals surface area contributed by atoms with E-state index in [2.05, 4.69) is 20.6 Å². The van der Waals surface area contributed by atoms with Gasteiger partial charge in [0.1, 0.15) is 0 Å². The standard InChI is InChI=1S/C10H5N5O4/c16-7-5-2-1-4(9(18)19)3-6(5)8(17)15(7)10-11-13-14-12-10/h1-3H,(H,18,19)(H,11,12,13,14). The summed E-state index contributed by atoms with van der Waals surface area (Å²) >= 11 is 0. The number of carboxylic acids is 1. The van der Waals surface area contributed by atoms with Gasteiger partial charge < -0.3 is 5.11 Å². The van der Waals surface area contributed by atoms with Crippen molar-refractivity contribution in [3.63, 3.8) is 0 Å². The Bertz CT molecular complexity index is 709. The van der Waals surface area contributed by atoms with Crippen molar-refractivity contribution in [1.82, 2.24) is 20.6 Å². The molecule has 2 N–H and O–H groups in total. The Morgan fingerprint density at radius 2 is 1.95 bits per heavy atom. The molecule has 1 aliphatic heterocycles. The molecule has 0 bridgehead atoms. The van der Waals surface area contributed by atoms with Crippen LogP contribution in [0.3, 0.4) is 0 Å². The van der Waals surface area contributed by atoms with E-state index in [9.17, 15) is 14.4 Å². The Labute approximate surface area is 104 Å². The van der Waals surface area contributed by atoms with Gasteiger partial charge in [-0.05, 0) is 28.6 Å². The van der Waals surface area contributed by atoms with Crippen molar-refractivity contribution in [3.05, 3.63) is 34.9 Å². The van der Waals surface area contributed by atoms with Gasteiger partial charge >= 0.3 is 5.97 Å². The first-order valence-corrected chi connectivity index (χ1v) is 5.09. The summed E-state index contributed by atoms with van der Waals surface area (Å²) in [5, 5.41) is 21.2. The molecule has 0 fully saturated rings. The van der Waals surface area contributed by atoms with Crippen LogP contribution in [0.2, 0.25) is 0 Å². The number of anilines is 1. The Morgan fingerprint density at radius 3 is 2.58 bits per heavy atom. The van der Waals surface area contributed by atoms with Crippen LogP contribution in [0.15, 0.2) is 18.2 Å².